The molecule has 1 N–H and O–H groups in total. The van der Waals surface area contributed by atoms with E-state index >= 15 is 0 Å². The summed E-state index contributed by atoms with van der Waals surface area (Å²) in [5, 5.41) is 8.75. The lowest BCUT2D eigenvalue weighted by molar-refractivity contribution is -0.345. The number of thioether (sulfide) groups is 1. The van der Waals surface area contributed by atoms with Gasteiger partial charge in [0.25, 0.3) is 0 Å². The summed E-state index contributed by atoms with van der Waals surface area (Å²) in [6, 6.07) is 5.57. The Labute approximate surface area is 201 Å². The first kappa shape index (κ1) is 26.4. The van der Waals surface area contributed by atoms with Gasteiger partial charge in [-0.3, -0.25) is 4.74 Å². The van der Waals surface area contributed by atoms with E-state index in [1.54, 1.807) is 17.8 Å². The standard InChI is InChI=1S/C24H30F3NO5S/c1-13(2)21-22(15(4)34-18-9-10-19(14(3)11-18)31-12-20(29)30)32-23(28-21)16-5-7-17(8-6-16)33-24(25,26)27/h9-11,13,15-17H,5-8,12H2,1-4H3,(H,29,30). The van der Waals surface area contributed by atoms with Gasteiger partial charge in [-0.05, 0) is 69.2 Å². The van der Waals surface area contributed by atoms with Gasteiger partial charge in [0, 0.05) is 10.8 Å². The summed E-state index contributed by atoms with van der Waals surface area (Å²) < 4.78 is 53.2. The minimum absolute atomic E-state index is 0.0237. The molecule has 0 radical (unpaired) electrons. The van der Waals surface area contributed by atoms with Crippen molar-refractivity contribution in [2.24, 2.45) is 0 Å². The van der Waals surface area contributed by atoms with E-state index in [-0.39, 0.29) is 17.1 Å². The highest BCUT2D eigenvalue weighted by molar-refractivity contribution is 7.99. The highest BCUT2D eigenvalue weighted by Gasteiger charge is 2.37. The molecule has 1 heterocycles. The van der Waals surface area contributed by atoms with E-state index in [2.05, 4.69) is 4.74 Å². The van der Waals surface area contributed by atoms with Crippen LogP contribution in [-0.4, -0.2) is 35.1 Å². The van der Waals surface area contributed by atoms with Crippen molar-refractivity contribution in [3.05, 3.63) is 41.1 Å². The van der Waals surface area contributed by atoms with E-state index in [0.29, 0.717) is 37.3 Å². The first-order valence-electron chi connectivity index (χ1n) is 11.3. The lowest BCUT2D eigenvalue weighted by atomic mass is 9.87. The Kier molecular flexibility index (Phi) is 8.57. The second-order valence-electron chi connectivity index (χ2n) is 8.86. The molecule has 3 rings (SSSR count). The molecule has 1 fully saturated rings. The van der Waals surface area contributed by atoms with Gasteiger partial charge < -0.3 is 14.3 Å². The van der Waals surface area contributed by atoms with Gasteiger partial charge in [0.15, 0.2) is 12.5 Å². The zero-order chi connectivity index (χ0) is 25.0. The molecule has 1 atom stereocenters. The molecule has 1 unspecified atom stereocenters. The number of carboxylic acid groups (broad SMARTS) is 1. The van der Waals surface area contributed by atoms with E-state index < -0.39 is 25.0 Å². The van der Waals surface area contributed by atoms with Gasteiger partial charge in [-0.25, -0.2) is 9.78 Å². The number of carboxylic acids is 1. The Balaban J connectivity index is 1.70. The predicted octanol–water partition coefficient (Wildman–Crippen LogP) is 6.99. The van der Waals surface area contributed by atoms with Crippen LogP contribution in [0, 0.1) is 6.92 Å². The number of hydrogen-bond donors (Lipinski definition) is 1. The number of aromatic nitrogens is 1. The van der Waals surface area contributed by atoms with Crippen molar-refractivity contribution >= 4 is 17.7 Å². The number of oxazole rings is 1. The molecule has 1 aliphatic carbocycles. The van der Waals surface area contributed by atoms with Crippen LogP contribution in [0.15, 0.2) is 27.5 Å². The van der Waals surface area contributed by atoms with Gasteiger partial charge >= 0.3 is 12.3 Å². The molecule has 1 saturated carbocycles. The number of nitrogens with zero attached hydrogens (tertiary/aromatic N) is 1. The van der Waals surface area contributed by atoms with E-state index in [4.69, 9.17) is 19.2 Å². The summed E-state index contributed by atoms with van der Waals surface area (Å²) in [6.07, 6.45) is -3.70. The second-order valence-corrected chi connectivity index (χ2v) is 10.3. The maximum Gasteiger partial charge on any atom is 0.522 e. The third-order valence-electron chi connectivity index (χ3n) is 5.75. The Morgan fingerprint density at radius 2 is 1.91 bits per heavy atom. The van der Waals surface area contributed by atoms with Crippen molar-refractivity contribution in [2.75, 3.05) is 6.61 Å². The van der Waals surface area contributed by atoms with Crippen molar-refractivity contribution in [3.8, 4) is 5.75 Å². The fraction of sp³-hybridized carbons (Fsp3) is 0.583. The van der Waals surface area contributed by atoms with Crippen LogP contribution in [0.1, 0.15) is 86.4 Å². The molecule has 188 valence electrons. The third-order valence-corrected chi connectivity index (χ3v) is 6.84. The third kappa shape index (κ3) is 7.15. The van der Waals surface area contributed by atoms with Crippen molar-refractivity contribution in [2.45, 2.75) is 87.8 Å². The lowest BCUT2D eigenvalue weighted by Gasteiger charge is -2.27. The molecule has 0 bridgehead atoms. The van der Waals surface area contributed by atoms with E-state index in [1.165, 1.54) is 0 Å². The summed E-state index contributed by atoms with van der Waals surface area (Å²) in [6.45, 7) is 7.56. The van der Waals surface area contributed by atoms with Crippen LogP contribution < -0.4 is 4.74 Å². The molecular formula is C24H30F3NO5S. The molecule has 34 heavy (non-hydrogen) atoms. The van der Waals surface area contributed by atoms with Gasteiger partial charge in [0.1, 0.15) is 11.5 Å². The average Bonchev–Trinajstić information content (AvgIpc) is 3.18. The molecule has 0 aliphatic heterocycles. The smallest absolute Gasteiger partial charge is 0.482 e. The number of alkyl halides is 3. The second kappa shape index (κ2) is 11.0. The average molecular weight is 502 g/mol. The largest absolute Gasteiger partial charge is 0.522 e. The van der Waals surface area contributed by atoms with Gasteiger partial charge in [-0.1, -0.05) is 13.8 Å². The minimum Gasteiger partial charge on any atom is -0.482 e. The van der Waals surface area contributed by atoms with E-state index in [1.807, 2.05) is 39.8 Å². The number of halogens is 3. The fourth-order valence-corrected chi connectivity index (χ4v) is 5.19. The van der Waals surface area contributed by atoms with Gasteiger partial charge in [-0.15, -0.1) is 24.9 Å². The van der Waals surface area contributed by atoms with Crippen LogP contribution in [-0.2, 0) is 9.53 Å². The predicted molar refractivity (Wildman–Crippen MR) is 121 cm³/mol. The Bertz CT molecular complexity index is 983. The molecule has 10 heteroatoms. The first-order valence-corrected chi connectivity index (χ1v) is 12.2. The van der Waals surface area contributed by atoms with Crippen molar-refractivity contribution in [1.82, 2.24) is 4.98 Å². The summed E-state index contributed by atoms with van der Waals surface area (Å²) in [5.41, 5.74) is 1.69. The number of aliphatic carboxylic acids is 1. The van der Waals surface area contributed by atoms with Crippen LogP contribution in [0.2, 0.25) is 0 Å². The Hall–Kier alpha value is -2.20. The molecule has 6 nitrogen and oxygen atoms in total. The maximum atomic E-state index is 12.5. The van der Waals surface area contributed by atoms with Crippen LogP contribution in [0.3, 0.4) is 0 Å². The van der Waals surface area contributed by atoms with Crippen LogP contribution >= 0.6 is 11.8 Å². The number of benzene rings is 1. The lowest BCUT2D eigenvalue weighted by Crippen LogP contribution is -2.27. The molecule has 1 aliphatic rings. The van der Waals surface area contributed by atoms with E-state index in [9.17, 15) is 18.0 Å². The molecule has 1 aromatic heterocycles. The monoisotopic (exact) mass is 501 g/mol. The summed E-state index contributed by atoms with van der Waals surface area (Å²) in [4.78, 5) is 16.5. The number of rotatable bonds is 9. The van der Waals surface area contributed by atoms with Gasteiger partial charge in [0.2, 0.25) is 0 Å². The maximum absolute atomic E-state index is 12.5. The fourth-order valence-electron chi connectivity index (χ4n) is 4.11. The molecule has 0 spiro atoms. The topological polar surface area (TPSA) is 81.8 Å². The molecule has 0 saturated heterocycles. The molecular weight excluding hydrogens is 471 g/mol. The highest BCUT2D eigenvalue weighted by Crippen LogP contribution is 2.43. The van der Waals surface area contributed by atoms with Crippen LogP contribution in [0.4, 0.5) is 13.2 Å². The van der Waals surface area contributed by atoms with Gasteiger partial charge in [-0.2, -0.15) is 0 Å². The SMILES string of the molecule is Cc1cc(SC(C)c2oc(C3CCC(OC(F)(F)F)CC3)nc2C(C)C)ccc1OCC(=O)O. The number of ether oxygens (including phenoxy) is 2. The molecule has 1 aromatic carbocycles. The zero-order valence-electron chi connectivity index (χ0n) is 19.6. The quantitative estimate of drug-likeness (QED) is 0.371. The van der Waals surface area contributed by atoms with Gasteiger partial charge in [0.05, 0.1) is 17.0 Å². The van der Waals surface area contributed by atoms with Crippen molar-refractivity contribution in [3.63, 3.8) is 0 Å². The Morgan fingerprint density at radius 1 is 1.24 bits per heavy atom. The number of carbonyl (C=O) groups is 1. The Morgan fingerprint density at radius 3 is 2.47 bits per heavy atom. The van der Waals surface area contributed by atoms with Crippen LogP contribution in [0.5, 0.6) is 5.75 Å². The van der Waals surface area contributed by atoms with Crippen molar-refractivity contribution < 1.29 is 37.0 Å². The summed E-state index contributed by atoms with van der Waals surface area (Å²) in [7, 11) is 0. The number of aryl methyl sites for hydroxylation is 1. The first-order chi connectivity index (χ1) is 15.9. The summed E-state index contributed by atoms with van der Waals surface area (Å²) >= 11 is 1.59. The summed E-state index contributed by atoms with van der Waals surface area (Å²) in [5.74, 6) is 0.959. The minimum atomic E-state index is -4.61. The molecule has 2 aromatic rings. The zero-order valence-corrected chi connectivity index (χ0v) is 20.5. The van der Waals surface area contributed by atoms with E-state index in [0.717, 1.165) is 21.9 Å². The van der Waals surface area contributed by atoms with Crippen molar-refractivity contribution in [1.29, 1.82) is 0 Å². The van der Waals surface area contributed by atoms with Crippen LogP contribution in [0.25, 0.3) is 0 Å². The normalized spacial score (nSPS) is 19.9. The number of hydrogen-bond acceptors (Lipinski definition) is 6. The highest BCUT2D eigenvalue weighted by atomic mass is 32.2. The molecule has 0 amide bonds.